The molecule has 5 nitrogen and oxygen atoms in total. The van der Waals surface area contributed by atoms with Crippen LogP contribution >= 0.6 is 11.3 Å². The molecule has 1 N–H and O–H groups in total. The van der Waals surface area contributed by atoms with E-state index in [1.807, 2.05) is 17.7 Å². The number of thiazole rings is 1. The van der Waals surface area contributed by atoms with Crippen LogP contribution in [0.25, 0.3) is 0 Å². The Bertz CT molecular complexity index is 437. The number of hydrogen-bond donors (Lipinski definition) is 1. The summed E-state index contributed by atoms with van der Waals surface area (Å²) < 4.78 is 1.92. The van der Waals surface area contributed by atoms with E-state index in [4.69, 9.17) is 0 Å². The molecule has 0 fully saturated rings. The van der Waals surface area contributed by atoms with Gasteiger partial charge in [0.15, 0.2) is 0 Å². The van der Waals surface area contributed by atoms with Crippen molar-refractivity contribution in [1.82, 2.24) is 19.9 Å². The largest absolute Gasteiger partial charge is 0.346 e. The highest BCUT2D eigenvalue weighted by Gasteiger charge is 2.11. The number of carbonyl (C=O) groups is 1. The highest BCUT2D eigenvalue weighted by atomic mass is 32.1. The van der Waals surface area contributed by atoms with Crippen LogP contribution in [0.5, 0.6) is 0 Å². The fourth-order valence-corrected chi connectivity index (χ4v) is 1.91. The first kappa shape index (κ1) is 10.8. The predicted octanol–water partition coefficient (Wildman–Crippen LogP) is 1.16. The summed E-state index contributed by atoms with van der Waals surface area (Å²) >= 11 is 1.41. The molecule has 2 aromatic heterocycles. The molecule has 0 aliphatic heterocycles. The first-order valence-electron chi connectivity index (χ1n) is 4.90. The monoisotopic (exact) mass is 236 g/mol. The molecule has 0 saturated heterocycles. The van der Waals surface area contributed by atoms with Gasteiger partial charge in [-0.05, 0) is 6.92 Å². The van der Waals surface area contributed by atoms with Gasteiger partial charge in [0.2, 0.25) is 0 Å². The summed E-state index contributed by atoms with van der Waals surface area (Å²) in [5, 5.41) is 4.61. The molecule has 84 valence electrons. The van der Waals surface area contributed by atoms with E-state index in [0.29, 0.717) is 12.2 Å². The van der Waals surface area contributed by atoms with Gasteiger partial charge in [-0.3, -0.25) is 4.79 Å². The predicted molar refractivity (Wildman–Crippen MR) is 61.3 cm³/mol. The molecule has 0 saturated carbocycles. The van der Waals surface area contributed by atoms with Crippen molar-refractivity contribution >= 4 is 17.2 Å². The maximum Gasteiger partial charge on any atom is 0.271 e. The number of amides is 1. The van der Waals surface area contributed by atoms with Crippen molar-refractivity contribution in [3.8, 4) is 0 Å². The van der Waals surface area contributed by atoms with Crippen LogP contribution in [0.15, 0.2) is 29.6 Å². The van der Waals surface area contributed by atoms with Gasteiger partial charge in [0.05, 0.1) is 11.8 Å². The van der Waals surface area contributed by atoms with Crippen LogP contribution in [0.4, 0.5) is 0 Å². The van der Waals surface area contributed by atoms with Crippen LogP contribution in [0.3, 0.4) is 0 Å². The van der Waals surface area contributed by atoms with Crippen molar-refractivity contribution in [2.75, 3.05) is 0 Å². The Hall–Kier alpha value is -1.69. The summed E-state index contributed by atoms with van der Waals surface area (Å²) in [6.07, 6.45) is 5.31. The fourth-order valence-electron chi connectivity index (χ4n) is 1.38. The Kier molecular flexibility index (Phi) is 3.31. The van der Waals surface area contributed by atoms with Crippen molar-refractivity contribution in [3.63, 3.8) is 0 Å². The fraction of sp³-hybridized carbons (Fsp3) is 0.300. The number of aromatic nitrogens is 3. The Morgan fingerprint density at radius 1 is 1.69 bits per heavy atom. The molecule has 0 aromatic carbocycles. The number of nitrogens with zero attached hydrogens (tertiary/aromatic N) is 3. The third-order valence-electron chi connectivity index (χ3n) is 2.09. The van der Waals surface area contributed by atoms with Crippen molar-refractivity contribution in [2.24, 2.45) is 0 Å². The van der Waals surface area contributed by atoms with Gasteiger partial charge >= 0.3 is 0 Å². The van der Waals surface area contributed by atoms with Crippen LogP contribution in [-0.4, -0.2) is 26.5 Å². The van der Waals surface area contributed by atoms with E-state index in [2.05, 4.69) is 15.3 Å². The molecule has 16 heavy (non-hydrogen) atoms. The molecule has 0 spiro atoms. The second kappa shape index (κ2) is 4.89. The maximum atomic E-state index is 11.7. The molecule has 6 heteroatoms. The van der Waals surface area contributed by atoms with Crippen molar-refractivity contribution in [3.05, 3.63) is 35.3 Å². The minimum atomic E-state index is -0.131. The highest BCUT2D eigenvalue weighted by molar-refractivity contribution is 7.07. The topological polar surface area (TPSA) is 59.8 Å². The van der Waals surface area contributed by atoms with Gasteiger partial charge < -0.3 is 9.88 Å². The molecule has 0 aliphatic carbocycles. The number of carbonyl (C=O) groups excluding carboxylic acids is 1. The second-order valence-electron chi connectivity index (χ2n) is 3.51. The van der Waals surface area contributed by atoms with Crippen LogP contribution < -0.4 is 5.32 Å². The molecular weight excluding hydrogens is 224 g/mol. The minimum absolute atomic E-state index is 0.0448. The van der Waals surface area contributed by atoms with Gasteiger partial charge in [-0.15, -0.1) is 11.3 Å². The van der Waals surface area contributed by atoms with Crippen LogP contribution in [0.1, 0.15) is 17.4 Å². The second-order valence-corrected chi connectivity index (χ2v) is 4.23. The summed E-state index contributed by atoms with van der Waals surface area (Å²) in [6, 6.07) is 0.0448. The SMILES string of the molecule is CC(Cn1ccnc1)NC(=O)c1cscn1. The molecular formula is C10H12N4OS. The molecule has 1 unspecified atom stereocenters. The van der Waals surface area contributed by atoms with E-state index >= 15 is 0 Å². The summed E-state index contributed by atoms with van der Waals surface area (Å²) in [6.45, 7) is 2.65. The molecule has 1 atom stereocenters. The normalized spacial score (nSPS) is 12.3. The average molecular weight is 236 g/mol. The zero-order valence-electron chi connectivity index (χ0n) is 8.83. The smallest absolute Gasteiger partial charge is 0.271 e. The van der Waals surface area contributed by atoms with Crippen LogP contribution in [0.2, 0.25) is 0 Å². The van der Waals surface area contributed by atoms with Crippen molar-refractivity contribution < 1.29 is 4.79 Å². The van der Waals surface area contributed by atoms with E-state index in [-0.39, 0.29) is 11.9 Å². The first-order chi connectivity index (χ1) is 7.75. The molecule has 1 amide bonds. The lowest BCUT2D eigenvalue weighted by atomic mass is 10.3. The first-order valence-corrected chi connectivity index (χ1v) is 5.85. The molecule has 0 radical (unpaired) electrons. The number of imidazole rings is 1. The van der Waals surface area contributed by atoms with E-state index in [0.717, 1.165) is 0 Å². The van der Waals surface area contributed by atoms with E-state index in [1.54, 1.807) is 23.4 Å². The van der Waals surface area contributed by atoms with Crippen LogP contribution in [-0.2, 0) is 6.54 Å². The van der Waals surface area contributed by atoms with Gasteiger partial charge in [-0.1, -0.05) is 0 Å². The minimum Gasteiger partial charge on any atom is -0.346 e. The van der Waals surface area contributed by atoms with E-state index in [1.165, 1.54) is 11.3 Å². The number of nitrogens with one attached hydrogen (secondary N) is 1. The molecule has 0 aliphatic rings. The summed E-state index contributed by atoms with van der Waals surface area (Å²) in [5.41, 5.74) is 2.12. The van der Waals surface area contributed by atoms with Crippen LogP contribution in [0, 0.1) is 0 Å². The summed E-state index contributed by atoms with van der Waals surface area (Å²) in [4.78, 5) is 19.6. The molecule has 2 rings (SSSR count). The Labute approximate surface area is 97.2 Å². The number of rotatable bonds is 4. The summed E-state index contributed by atoms with van der Waals surface area (Å²) in [5.74, 6) is -0.131. The Balaban J connectivity index is 1.88. The standard InChI is InChI=1S/C10H12N4OS/c1-8(4-14-3-2-11-6-14)13-10(15)9-5-16-7-12-9/h2-3,5-8H,4H2,1H3,(H,13,15). The maximum absolute atomic E-state index is 11.7. The average Bonchev–Trinajstić information content (AvgIpc) is 2.88. The van der Waals surface area contributed by atoms with Crippen molar-refractivity contribution in [1.29, 1.82) is 0 Å². The lowest BCUT2D eigenvalue weighted by Crippen LogP contribution is -2.35. The van der Waals surface area contributed by atoms with E-state index < -0.39 is 0 Å². The Morgan fingerprint density at radius 2 is 2.56 bits per heavy atom. The molecule has 0 bridgehead atoms. The quantitative estimate of drug-likeness (QED) is 0.866. The lowest BCUT2D eigenvalue weighted by Gasteiger charge is -2.13. The zero-order chi connectivity index (χ0) is 11.4. The zero-order valence-corrected chi connectivity index (χ0v) is 9.65. The van der Waals surface area contributed by atoms with Gasteiger partial charge in [0, 0.05) is 30.4 Å². The molecule has 2 aromatic rings. The van der Waals surface area contributed by atoms with Gasteiger partial charge in [0.25, 0.3) is 5.91 Å². The third kappa shape index (κ3) is 2.66. The Morgan fingerprint density at radius 3 is 3.19 bits per heavy atom. The molecule has 2 heterocycles. The van der Waals surface area contributed by atoms with Crippen molar-refractivity contribution in [2.45, 2.75) is 19.5 Å². The lowest BCUT2D eigenvalue weighted by molar-refractivity contribution is 0.0932. The summed E-state index contributed by atoms with van der Waals surface area (Å²) in [7, 11) is 0. The number of hydrogen-bond acceptors (Lipinski definition) is 4. The van der Waals surface area contributed by atoms with Gasteiger partial charge in [0.1, 0.15) is 5.69 Å². The van der Waals surface area contributed by atoms with Gasteiger partial charge in [-0.25, -0.2) is 9.97 Å². The van der Waals surface area contributed by atoms with E-state index in [9.17, 15) is 4.79 Å². The highest BCUT2D eigenvalue weighted by Crippen LogP contribution is 2.01. The third-order valence-corrected chi connectivity index (χ3v) is 2.67. The van der Waals surface area contributed by atoms with Gasteiger partial charge in [-0.2, -0.15) is 0 Å².